The molecular weight excluding hydrogens is 306 g/mol. The van der Waals surface area contributed by atoms with Crippen molar-refractivity contribution in [2.24, 2.45) is 7.05 Å². The van der Waals surface area contributed by atoms with E-state index in [1.54, 1.807) is 32.5 Å². The highest BCUT2D eigenvalue weighted by atomic mass is 32.2. The number of sulfonamides is 1. The van der Waals surface area contributed by atoms with Crippen LogP contribution in [0.15, 0.2) is 23.1 Å². The number of benzene rings is 1. The van der Waals surface area contributed by atoms with Crippen LogP contribution in [0.3, 0.4) is 0 Å². The predicted molar refractivity (Wildman–Crippen MR) is 81.6 cm³/mol. The summed E-state index contributed by atoms with van der Waals surface area (Å²) < 4.78 is 29.2. The van der Waals surface area contributed by atoms with Crippen molar-refractivity contribution in [1.82, 2.24) is 9.78 Å². The largest absolute Gasteiger partial charge is 0.478 e. The third kappa shape index (κ3) is 2.82. The number of aromatic carboxylic acids is 1. The SMILES string of the molecule is Cc1ccc(C(=O)O)cc1S(=O)(=O)Nc1c(C)nn(C)c1C. The smallest absolute Gasteiger partial charge is 0.335 e. The summed E-state index contributed by atoms with van der Waals surface area (Å²) in [5.41, 5.74) is 2.02. The fraction of sp³-hybridized carbons (Fsp3) is 0.286. The lowest BCUT2D eigenvalue weighted by molar-refractivity contribution is 0.0696. The normalized spacial score (nSPS) is 11.5. The molecule has 1 aromatic carbocycles. The number of aromatic nitrogens is 2. The number of anilines is 1. The second-order valence-corrected chi connectivity index (χ2v) is 6.71. The number of hydrogen-bond donors (Lipinski definition) is 2. The number of nitrogens with one attached hydrogen (secondary N) is 1. The van der Waals surface area contributed by atoms with Crippen molar-refractivity contribution in [3.63, 3.8) is 0 Å². The number of nitrogens with zero attached hydrogens (tertiary/aromatic N) is 2. The van der Waals surface area contributed by atoms with Crippen LogP contribution in [-0.4, -0.2) is 29.3 Å². The molecule has 0 saturated heterocycles. The van der Waals surface area contributed by atoms with E-state index in [1.807, 2.05) is 0 Å². The molecule has 0 unspecified atom stereocenters. The van der Waals surface area contributed by atoms with E-state index in [2.05, 4.69) is 9.82 Å². The standard InChI is InChI=1S/C14H17N3O4S/c1-8-5-6-11(14(18)19)7-12(8)22(20,21)16-13-9(2)15-17(4)10(13)3/h5-7,16H,1-4H3,(H,18,19). The second kappa shape index (κ2) is 5.45. The average Bonchev–Trinajstić information content (AvgIpc) is 2.65. The summed E-state index contributed by atoms with van der Waals surface area (Å²) in [5, 5.41) is 13.2. The third-order valence-corrected chi connectivity index (χ3v) is 4.96. The molecule has 0 bridgehead atoms. The zero-order chi connectivity index (χ0) is 16.7. The molecule has 0 aliphatic carbocycles. The molecule has 0 amide bonds. The van der Waals surface area contributed by atoms with Crippen LogP contribution in [0, 0.1) is 20.8 Å². The molecule has 0 atom stereocenters. The summed E-state index contributed by atoms with van der Waals surface area (Å²) in [6.45, 7) is 5.06. The minimum atomic E-state index is -3.90. The van der Waals surface area contributed by atoms with E-state index in [0.29, 0.717) is 22.6 Å². The monoisotopic (exact) mass is 323 g/mol. The summed E-state index contributed by atoms with van der Waals surface area (Å²) in [7, 11) is -2.18. The summed E-state index contributed by atoms with van der Waals surface area (Å²) in [6, 6.07) is 4.00. The second-order valence-electron chi connectivity index (χ2n) is 5.06. The zero-order valence-corrected chi connectivity index (χ0v) is 13.5. The highest BCUT2D eigenvalue weighted by Gasteiger charge is 2.22. The first-order chi connectivity index (χ1) is 10.1. The number of aryl methyl sites for hydroxylation is 3. The van der Waals surface area contributed by atoms with Gasteiger partial charge in [0.25, 0.3) is 10.0 Å². The van der Waals surface area contributed by atoms with Gasteiger partial charge in [0.15, 0.2) is 0 Å². The number of carboxylic acids is 1. The van der Waals surface area contributed by atoms with Gasteiger partial charge in [-0.1, -0.05) is 6.07 Å². The number of carbonyl (C=O) groups is 1. The van der Waals surface area contributed by atoms with Gasteiger partial charge in [0, 0.05) is 7.05 Å². The maximum atomic E-state index is 12.6. The summed E-state index contributed by atoms with van der Waals surface area (Å²) in [5.74, 6) is -1.18. The van der Waals surface area contributed by atoms with Crippen LogP contribution in [-0.2, 0) is 17.1 Å². The molecule has 2 N–H and O–H groups in total. The molecule has 0 aliphatic rings. The van der Waals surface area contributed by atoms with E-state index in [-0.39, 0.29) is 10.5 Å². The third-order valence-electron chi connectivity index (χ3n) is 3.47. The van der Waals surface area contributed by atoms with E-state index in [4.69, 9.17) is 5.11 Å². The van der Waals surface area contributed by atoms with Crippen LogP contribution >= 0.6 is 0 Å². The molecule has 0 spiro atoms. The Balaban J connectivity index is 2.51. The van der Waals surface area contributed by atoms with Crippen LogP contribution in [0.5, 0.6) is 0 Å². The van der Waals surface area contributed by atoms with E-state index in [9.17, 15) is 13.2 Å². The lowest BCUT2D eigenvalue weighted by Crippen LogP contribution is -2.16. The van der Waals surface area contributed by atoms with E-state index in [1.165, 1.54) is 12.1 Å². The summed E-state index contributed by atoms with van der Waals surface area (Å²) in [6.07, 6.45) is 0. The Hall–Kier alpha value is -2.35. The van der Waals surface area contributed by atoms with Crippen molar-refractivity contribution < 1.29 is 18.3 Å². The fourth-order valence-corrected chi connectivity index (χ4v) is 3.58. The van der Waals surface area contributed by atoms with Crippen LogP contribution < -0.4 is 4.72 Å². The van der Waals surface area contributed by atoms with Crippen molar-refractivity contribution in [1.29, 1.82) is 0 Å². The van der Waals surface area contributed by atoms with Crippen LogP contribution in [0.2, 0.25) is 0 Å². The quantitative estimate of drug-likeness (QED) is 0.894. The molecule has 8 heteroatoms. The molecule has 2 rings (SSSR count). The Morgan fingerprint density at radius 3 is 2.41 bits per heavy atom. The van der Waals surface area contributed by atoms with Gasteiger partial charge in [0.1, 0.15) is 0 Å². The Morgan fingerprint density at radius 2 is 1.91 bits per heavy atom. The fourth-order valence-electron chi connectivity index (χ4n) is 2.13. The molecule has 0 radical (unpaired) electrons. The highest BCUT2D eigenvalue weighted by Crippen LogP contribution is 2.25. The average molecular weight is 323 g/mol. The van der Waals surface area contributed by atoms with Gasteiger partial charge in [0.05, 0.1) is 27.5 Å². The summed E-state index contributed by atoms with van der Waals surface area (Å²) >= 11 is 0. The van der Waals surface area contributed by atoms with Crippen molar-refractivity contribution in [3.8, 4) is 0 Å². The van der Waals surface area contributed by atoms with E-state index in [0.717, 1.165) is 6.07 Å². The number of hydrogen-bond acceptors (Lipinski definition) is 4. The maximum Gasteiger partial charge on any atom is 0.335 e. The Morgan fingerprint density at radius 1 is 1.27 bits per heavy atom. The molecule has 7 nitrogen and oxygen atoms in total. The molecule has 118 valence electrons. The van der Waals surface area contributed by atoms with Crippen molar-refractivity contribution in [3.05, 3.63) is 40.7 Å². The van der Waals surface area contributed by atoms with Gasteiger partial charge in [-0.15, -0.1) is 0 Å². The van der Waals surface area contributed by atoms with Crippen LogP contribution in [0.1, 0.15) is 27.3 Å². The number of rotatable bonds is 4. The molecule has 22 heavy (non-hydrogen) atoms. The molecule has 2 aromatic rings. The molecule has 0 saturated carbocycles. The molecule has 0 aliphatic heterocycles. The van der Waals surface area contributed by atoms with Crippen molar-refractivity contribution in [2.75, 3.05) is 4.72 Å². The minimum Gasteiger partial charge on any atom is -0.478 e. The predicted octanol–water partition coefficient (Wildman–Crippen LogP) is 1.84. The first-order valence-corrected chi connectivity index (χ1v) is 7.98. The van der Waals surface area contributed by atoms with Crippen LogP contribution in [0.25, 0.3) is 0 Å². The Bertz CT molecular complexity index is 853. The molecule has 1 heterocycles. The Labute approximate surface area is 128 Å². The topological polar surface area (TPSA) is 101 Å². The van der Waals surface area contributed by atoms with Crippen LogP contribution in [0.4, 0.5) is 5.69 Å². The first-order valence-electron chi connectivity index (χ1n) is 6.50. The Kier molecular flexibility index (Phi) is 3.97. The lowest BCUT2D eigenvalue weighted by atomic mass is 10.1. The first kappa shape index (κ1) is 16.0. The highest BCUT2D eigenvalue weighted by molar-refractivity contribution is 7.92. The minimum absolute atomic E-state index is 0.0601. The van der Waals surface area contributed by atoms with Gasteiger partial charge in [-0.25, -0.2) is 13.2 Å². The van der Waals surface area contributed by atoms with Gasteiger partial charge < -0.3 is 5.11 Å². The van der Waals surface area contributed by atoms with Gasteiger partial charge >= 0.3 is 5.97 Å². The van der Waals surface area contributed by atoms with Gasteiger partial charge in [0.2, 0.25) is 0 Å². The lowest BCUT2D eigenvalue weighted by Gasteiger charge is -2.11. The van der Waals surface area contributed by atoms with E-state index < -0.39 is 16.0 Å². The van der Waals surface area contributed by atoms with E-state index >= 15 is 0 Å². The molecule has 0 fully saturated rings. The number of carboxylic acid groups (broad SMARTS) is 1. The maximum absolute atomic E-state index is 12.6. The van der Waals surface area contributed by atoms with Gasteiger partial charge in [-0.2, -0.15) is 5.10 Å². The zero-order valence-electron chi connectivity index (χ0n) is 12.7. The van der Waals surface area contributed by atoms with Crippen molar-refractivity contribution >= 4 is 21.7 Å². The van der Waals surface area contributed by atoms with Gasteiger partial charge in [-0.05, 0) is 38.5 Å². The van der Waals surface area contributed by atoms with Crippen molar-refractivity contribution in [2.45, 2.75) is 25.7 Å². The van der Waals surface area contributed by atoms with Gasteiger partial charge in [-0.3, -0.25) is 9.40 Å². The summed E-state index contributed by atoms with van der Waals surface area (Å²) in [4.78, 5) is 11.0. The molecule has 1 aromatic heterocycles. The molecular formula is C14H17N3O4S.